The average molecular weight is 331 g/mol. The van der Waals surface area contributed by atoms with Crippen molar-refractivity contribution in [2.75, 3.05) is 5.32 Å². The monoisotopic (exact) mass is 331 g/mol. The Hall–Kier alpha value is -3.10. The number of hydrogen-bond acceptors (Lipinski definition) is 4. The highest BCUT2D eigenvalue weighted by Gasteiger charge is 2.16. The molecule has 2 N–H and O–H groups in total. The molecule has 0 saturated heterocycles. The second-order valence-corrected chi connectivity index (χ2v) is 6.48. The molecule has 0 unspecified atom stereocenters. The van der Waals surface area contributed by atoms with Gasteiger partial charge in [-0.15, -0.1) is 11.3 Å². The van der Waals surface area contributed by atoms with Gasteiger partial charge in [-0.2, -0.15) is 5.26 Å². The molecule has 0 spiro atoms. The molecule has 2 heterocycles. The Bertz CT molecular complexity index is 1140. The molecule has 0 fully saturated rings. The molecule has 4 aromatic rings. The van der Waals surface area contributed by atoms with Gasteiger partial charge in [0, 0.05) is 17.3 Å². The standard InChI is InChI=1S/C19H13N3OS/c20-10-15-16-17(13-8-4-5-9-14(13)18(23)22-16)24-19(15)21-11-12-6-2-1-3-7-12/h1-9,21H,11H2,(H,22,23). The zero-order valence-electron chi connectivity index (χ0n) is 12.7. The Morgan fingerprint density at radius 2 is 1.75 bits per heavy atom. The third-order valence-electron chi connectivity index (χ3n) is 3.97. The molecule has 116 valence electrons. The lowest BCUT2D eigenvalue weighted by Gasteiger charge is -2.03. The molecule has 2 aromatic carbocycles. The van der Waals surface area contributed by atoms with Gasteiger partial charge in [-0.25, -0.2) is 0 Å². The number of hydrogen-bond donors (Lipinski definition) is 2. The van der Waals surface area contributed by atoms with Crippen LogP contribution >= 0.6 is 11.3 Å². The van der Waals surface area contributed by atoms with Crippen molar-refractivity contribution in [2.24, 2.45) is 0 Å². The number of H-pyrrole nitrogens is 1. The molecule has 0 aliphatic carbocycles. The molecule has 0 bridgehead atoms. The quantitative estimate of drug-likeness (QED) is 0.590. The predicted molar refractivity (Wildman–Crippen MR) is 98.4 cm³/mol. The highest BCUT2D eigenvalue weighted by Crippen LogP contribution is 2.37. The molecule has 5 heteroatoms. The van der Waals surface area contributed by atoms with Gasteiger partial charge in [-0.05, 0) is 11.6 Å². The van der Waals surface area contributed by atoms with Gasteiger partial charge in [0.2, 0.25) is 0 Å². The smallest absolute Gasteiger partial charge is 0.256 e. The van der Waals surface area contributed by atoms with Crippen LogP contribution in [0.25, 0.3) is 21.0 Å². The maximum Gasteiger partial charge on any atom is 0.256 e. The number of nitrogens with one attached hydrogen (secondary N) is 2. The van der Waals surface area contributed by atoms with E-state index < -0.39 is 0 Å². The molecule has 0 amide bonds. The summed E-state index contributed by atoms with van der Waals surface area (Å²) in [5, 5.41) is 15.2. The second kappa shape index (κ2) is 5.84. The molecule has 0 aliphatic rings. The van der Waals surface area contributed by atoms with Crippen LogP contribution in [0.15, 0.2) is 59.4 Å². The van der Waals surface area contributed by atoms with Crippen molar-refractivity contribution in [2.45, 2.75) is 6.54 Å². The number of rotatable bonds is 3. The van der Waals surface area contributed by atoms with Gasteiger partial charge in [0.1, 0.15) is 16.6 Å². The van der Waals surface area contributed by atoms with Crippen molar-refractivity contribution < 1.29 is 0 Å². The fourth-order valence-corrected chi connectivity index (χ4v) is 3.95. The molecule has 2 aromatic heterocycles. The summed E-state index contributed by atoms with van der Waals surface area (Å²) in [6.45, 7) is 0.629. The van der Waals surface area contributed by atoms with Crippen molar-refractivity contribution in [3.63, 3.8) is 0 Å². The number of aromatic nitrogens is 1. The van der Waals surface area contributed by atoms with Crippen molar-refractivity contribution in [1.29, 1.82) is 5.26 Å². The van der Waals surface area contributed by atoms with Crippen LogP contribution in [-0.2, 0) is 6.54 Å². The van der Waals surface area contributed by atoms with E-state index in [1.165, 1.54) is 11.3 Å². The van der Waals surface area contributed by atoms with E-state index in [0.717, 1.165) is 20.7 Å². The number of fused-ring (bicyclic) bond motifs is 3. The summed E-state index contributed by atoms with van der Waals surface area (Å²) >= 11 is 1.50. The Kier molecular flexibility index (Phi) is 3.52. The SMILES string of the molecule is N#Cc1c(NCc2ccccc2)sc2c1[nH]c(=O)c1ccccc12. The minimum Gasteiger partial charge on any atom is -0.372 e. The largest absolute Gasteiger partial charge is 0.372 e. The third kappa shape index (κ3) is 2.34. The summed E-state index contributed by atoms with van der Waals surface area (Å²) in [6.07, 6.45) is 0. The molecule has 0 saturated carbocycles. The maximum atomic E-state index is 12.3. The number of nitriles is 1. The van der Waals surface area contributed by atoms with E-state index in [1.54, 1.807) is 6.07 Å². The highest BCUT2D eigenvalue weighted by atomic mass is 32.1. The predicted octanol–water partition coefficient (Wildman–Crippen LogP) is 4.23. The van der Waals surface area contributed by atoms with Gasteiger partial charge in [0.25, 0.3) is 5.56 Å². The lowest BCUT2D eigenvalue weighted by molar-refractivity contribution is 1.16. The van der Waals surface area contributed by atoms with Gasteiger partial charge in [0.15, 0.2) is 0 Å². The summed E-state index contributed by atoms with van der Waals surface area (Å²) in [7, 11) is 0. The Labute approximate surface area is 142 Å². The normalized spacial score (nSPS) is 10.8. The fraction of sp³-hybridized carbons (Fsp3) is 0.0526. The number of nitrogens with zero attached hydrogens (tertiary/aromatic N) is 1. The van der Waals surface area contributed by atoms with Crippen LogP contribution < -0.4 is 10.9 Å². The maximum absolute atomic E-state index is 12.3. The van der Waals surface area contributed by atoms with E-state index >= 15 is 0 Å². The first-order chi connectivity index (χ1) is 11.8. The Morgan fingerprint density at radius 3 is 2.50 bits per heavy atom. The number of thiophene rings is 1. The van der Waals surface area contributed by atoms with E-state index in [1.807, 2.05) is 48.5 Å². The van der Waals surface area contributed by atoms with Crippen molar-refractivity contribution in [3.8, 4) is 6.07 Å². The van der Waals surface area contributed by atoms with Gasteiger partial charge in [-0.3, -0.25) is 4.79 Å². The Balaban J connectivity index is 1.86. The third-order valence-corrected chi connectivity index (χ3v) is 5.15. The molecular weight excluding hydrogens is 318 g/mol. The molecular formula is C19H13N3OS. The topological polar surface area (TPSA) is 68.7 Å². The highest BCUT2D eigenvalue weighted by molar-refractivity contribution is 7.24. The minimum absolute atomic E-state index is 0.165. The average Bonchev–Trinajstić information content (AvgIpc) is 2.98. The lowest BCUT2D eigenvalue weighted by atomic mass is 10.1. The first-order valence-corrected chi connectivity index (χ1v) is 8.35. The van der Waals surface area contributed by atoms with Crippen molar-refractivity contribution in [1.82, 2.24) is 4.98 Å². The first-order valence-electron chi connectivity index (χ1n) is 7.53. The molecule has 0 atom stereocenters. The zero-order valence-corrected chi connectivity index (χ0v) is 13.5. The summed E-state index contributed by atoms with van der Waals surface area (Å²) < 4.78 is 0.928. The number of aromatic amines is 1. The minimum atomic E-state index is -0.165. The van der Waals surface area contributed by atoms with Gasteiger partial charge < -0.3 is 10.3 Å². The van der Waals surface area contributed by atoms with Crippen LogP contribution in [0, 0.1) is 11.3 Å². The number of anilines is 1. The molecule has 0 aliphatic heterocycles. The van der Waals surface area contributed by atoms with E-state index in [2.05, 4.69) is 16.4 Å². The van der Waals surface area contributed by atoms with E-state index in [4.69, 9.17) is 0 Å². The van der Waals surface area contributed by atoms with Crippen LogP contribution in [-0.4, -0.2) is 4.98 Å². The van der Waals surface area contributed by atoms with Crippen molar-refractivity contribution >= 4 is 37.3 Å². The fourth-order valence-electron chi connectivity index (χ4n) is 2.81. The van der Waals surface area contributed by atoms with Gasteiger partial charge in [-0.1, -0.05) is 48.5 Å². The second-order valence-electron chi connectivity index (χ2n) is 5.46. The van der Waals surface area contributed by atoms with Crippen LogP contribution in [0.5, 0.6) is 0 Å². The zero-order chi connectivity index (χ0) is 16.5. The molecule has 0 radical (unpaired) electrons. The van der Waals surface area contributed by atoms with Gasteiger partial charge >= 0.3 is 0 Å². The van der Waals surface area contributed by atoms with Crippen LogP contribution in [0.3, 0.4) is 0 Å². The van der Waals surface area contributed by atoms with Crippen LogP contribution in [0.2, 0.25) is 0 Å². The number of pyridine rings is 1. The Morgan fingerprint density at radius 1 is 1.04 bits per heavy atom. The molecule has 24 heavy (non-hydrogen) atoms. The first kappa shape index (κ1) is 14.5. The number of benzene rings is 2. The van der Waals surface area contributed by atoms with Crippen molar-refractivity contribution in [3.05, 3.63) is 76.1 Å². The van der Waals surface area contributed by atoms with E-state index in [9.17, 15) is 10.1 Å². The lowest BCUT2D eigenvalue weighted by Crippen LogP contribution is -2.05. The summed E-state index contributed by atoms with van der Waals surface area (Å²) in [5.74, 6) is 0. The van der Waals surface area contributed by atoms with Crippen LogP contribution in [0.4, 0.5) is 5.00 Å². The summed E-state index contributed by atoms with van der Waals surface area (Å²) in [4.78, 5) is 15.1. The van der Waals surface area contributed by atoms with Crippen LogP contribution in [0.1, 0.15) is 11.1 Å². The summed E-state index contributed by atoms with van der Waals surface area (Å²) in [6, 6.07) is 19.7. The van der Waals surface area contributed by atoms with E-state index in [0.29, 0.717) is 23.0 Å². The van der Waals surface area contributed by atoms with Gasteiger partial charge in [0.05, 0.1) is 10.2 Å². The van der Waals surface area contributed by atoms with E-state index in [-0.39, 0.29) is 5.56 Å². The summed E-state index contributed by atoms with van der Waals surface area (Å²) in [5.41, 5.74) is 2.08. The molecule has 4 rings (SSSR count). The molecule has 4 nitrogen and oxygen atoms in total.